The van der Waals surface area contributed by atoms with Crippen molar-refractivity contribution in [2.24, 2.45) is 0 Å². The molecule has 5 heteroatoms. The van der Waals surface area contributed by atoms with Gasteiger partial charge in [-0.05, 0) is 44.6 Å². The van der Waals surface area contributed by atoms with Gasteiger partial charge in [0, 0.05) is 8.04 Å². The minimum absolute atomic E-state index is 0.0104. The molecule has 0 atom stereocenters. The van der Waals surface area contributed by atoms with Gasteiger partial charge in [0.1, 0.15) is 0 Å². The Bertz CT molecular complexity index is 354. The predicted molar refractivity (Wildman–Crippen MR) is 58.8 cm³/mol. The third-order valence-electron chi connectivity index (χ3n) is 1.49. The van der Waals surface area contributed by atoms with E-state index in [9.17, 15) is 9.18 Å². The maximum absolute atomic E-state index is 13.3. The minimum Gasteiger partial charge on any atom is -0.494 e. The summed E-state index contributed by atoms with van der Waals surface area (Å²) < 4.78 is 19.3. The first-order valence-electron chi connectivity index (χ1n) is 3.28. The summed E-state index contributed by atoms with van der Waals surface area (Å²) in [6.07, 6.45) is 0.462. The molecule has 1 aromatic rings. The lowest BCUT2D eigenvalue weighted by atomic mass is 10.2. The van der Waals surface area contributed by atoms with Gasteiger partial charge in [-0.2, -0.15) is 0 Å². The van der Waals surface area contributed by atoms with Crippen molar-refractivity contribution in [1.82, 2.24) is 0 Å². The lowest BCUT2D eigenvalue weighted by molar-refractivity contribution is 0.111. The lowest BCUT2D eigenvalue weighted by Gasteiger charge is -2.06. The van der Waals surface area contributed by atoms with Gasteiger partial charge in [0.2, 0.25) is 0 Å². The van der Waals surface area contributed by atoms with Crippen molar-refractivity contribution in [3.05, 3.63) is 25.5 Å². The van der Waals surface area contributed by atoms with Crippen LogP contribution in [0.2, 0.25) is 0 Å². The fraction of sp³-hybridized carbons (Fsp3) is 0.125. The summed E-state index contributed by atoms with van der Waals surface area (Å²) in [4.78, 5) is 10.5. The van der Waals surface area contributed by atoms with E-state index < -0.39 is 5.82 Å². The molecule has 0 aliphatic carbocycles. The van der Waals surface area contributed by atoms with Gasteiger partial charge >= 0.3 is 0 Å². The van der Waals surface area contributed by atoms with Crippen LogP contribution in [-0.2, 0) is 0 Å². The first-order chi connectivity index (χ1) is 6.11. The number of carbonyl (C=O) groups excluding carboxylic acids is 1. The molecular weight excluding hydrogens is 354 g/mol. The van der Waals surface area contributed by atoms with Gasteiger partial charge in [0.05, 0.1) is 12.7 Å². The van der Waals surface area contributed by atoms with E-state index in [0.29, 0.717) is 10.8 Å². The molecule has 0 fully saturated rings. The number of ether oxygens (including phenoxy) is 1. The average Bonchev–Trinajstić information content (AvgIpc) is 2.12. The predicted octanol–water partition coefficient (Wildman–Crippen LogP) is 3.01. The topological polar surface area (TPSA) is 26.3 Å². The Labute approximate surface area is 96.7 Å². The van der Waals surface area contributed by atoms with Crippen LogP contribution in [0.5, 0.6) is 5.75 Å². The van der Waals surface area contributed by atoms with Gasteiger partial charge < -0.3 is 4.74 Å². The zero-order valence-corrected chi connectivity index (χ0v) is 10.3. The number of carbonyl (C=O) groups is 1. The zero-order chi connectivity index (χ0) is 10.0. The summed E-state index contributed by atoms with van der Waals surface area (Å²) in [6, 6.07) is 1.52. The maximum atomic E-state index is 13.3. The van der Waals surface area contributed by atoms with Gasteiger partial charge in [-0.3, -0.25) is 4.79 Å². The Balaban J connectivity index is 3.47. The van der Waals surface area contributed by atoms with Crippen LogP contribution in [0.15, 0.2) is 10.5 Å². The van der Waals surface area contributed by atoms with Gasteiger partial charge in [-0.15, -0.1) is 0 Å². The van der Waals surface area contributed by atoms with E-state index in [-0.39, 0.29) is 11.3 Å². The molecule has 1 aromatic carbocycles. The molecule has 0 heterocycles. The molecule has 0 N–H and O–H groups in total. The summed E-state index contributed by atoms with van der Waals surface area (Å²) in [6.45, 7) is 0. The highest BCUT2D eigenvalue weighted by Gasteiger charge is 2.15. The van der Waals surface area contributed by atoms with Gasteiger partial charge in [-0.1, -0.05) is 0 Å². The smallest absolute Gasteiger partial charge is 0.176 e. The number of rotatable bonds is 2. The second kappa shape index (κ2) is 4.36. The van der Waals surface area contributed by atoms with Crippen molar-refractivity contribution in [2.75, 3.05) is 7.11 Å². The standard InChI is InChI=1S/C8H5BrFIO2/c1-13-6-2-5(11)7(9)4(3-12)8(6)10/h2-3H,1H3. The molecule has 0 amide bonds. The number of hydrogen-bond donors (Lipinski definition) is 0. The second-order valence-electron chi connectivity index (χ2n) is 2.22. The molecule has 70 valence electrons. The van der Waals surface area contributed by atoms with Crippen molar-refractivity contribution >= 4 is 44.8 Å². The largest absolute Gasteiger partial charge is 0.494 e. The molecule has 2 nitrogen and oxygen atoms in total. The third kappa shape index (κ3) is 2.01. The quantitative estimate of drug-likeness (QED) is 0.461. The van der Waals surface area contributed by atoms with Crippen LogP contribution in [0, 0.1) is 9.39 Å². The van der Waals surface area contributed by atoms with Gasteiger partial charge in [0.15, 0.2) is 17.9 Å². The lowest BCUT2D eigenvalue weighted by Crippen LogP contribution is -1.97. The molecule has 13 heavy (non-hydrogen) atoms. The van der Waals surface area contributed by atoms with Crippen molar-refractivity contribution in [1.29, 1.82) is 0 Å². The number of hydrogen-bond acceptors (Lipinski definition) is 2. The van der Waals surface area contributed by atoms with Crippen LogP contribution in [0.25, 0.3) is 0 Å². The molecule has 0 aliphatic heterocycles. The summed E-state index contributed by atoms with van der Waals surface area (Å²) in [5.41, 5.74) is -0.0104. The normalized spacial score (nSPS) is 9.85. The first-order valence-corrected chi connectivity index (χ1v) is 5.15. The Morgan fingerprint density at radius 3 is 2.77 bits per heavy atom. The van der Waals surface area contributed by atoms with Crippen LogP contribution >= 0.6 is 38.5 Å². The first kappa shape index (κ1) is 10.9. The van der Waals surface area contributed by atoms with Crippen molar-refractivity contribution in [3.8, 4) is 5.75 Å². The summed E-state index contributed by atoms with van der Waals surface area (Å²) in [5, 5.41) is 0. The van der Waals surface area contributed by atoms with Gasteiger partial charge in [-0.25, -0.2) is 4.39 Å². The SMILES string of the molecule is COc1cc(I)c(Br)c(C=O)c1F. The Kier molecular flexibility index (Phi) is 3.66. The number of halogens is 3. The minimum atomic E-state index is -0.634. The fourth-order valence-corrected chi connectivity index (χ4v) is 1.81. The number of aldehydes is 1. The third-order valence-corrected chi connectivity index (χ3v) is 3.94. The van der Waals surface area contributed by atoms with Gasteiger partial charge in [0.25, 0.3) is 0 Å². The number of benzene rings is 1. The molecule has 0 aromatic heterocycles. The molecule has 1 rings (SSSR count). The van der Waals surface area contributed by atoms with E-state index in [1.807, 2.05) is 22.6 Å². The summed E-state index contributed by atoms with van der Waals surface area (Å²) in [5.74, 6) is -0.556. The Morgan fingerprint density at radius 2 is 2.31 bits per heavy atom. The van der Waals surface area contributed by atoms with E-state index in [0.717, 1.165) is 3.57 Å². The van der Waals surface area contributed by atoms with E-state index in [1.54, 1.807) is 0 Å². The monoisotopic (exact) mass is 358 g/mol. The van der Waals surface area contributed by atoms with Crippen LogP contribution in [0.3, 0.4) is 0 Å². The molecule has 0 saturated heterocycles. The Morgan fingerprint density at radius 1 is 1.69 bits per heavy atom. The zero-order valence-electron chi connectivity index (χ0n) is 6.61. The van der Waals surface area contributed by atoms with E-state index in [4.69, 9.17) is 4.74 Å². The molecule has 0 spiro atoms. The van der Waals surface area contributed by atoms with Crippen LogP contribution in [0.4, 0.5) is 4.39 Å². The van der Waals surface area contributed by atoms with Crippen molar-refractivity contribution in [2.45, 2.75) is 0 Å². The van der Waals surface area contributed by atoms with E-state index in [2.05, 4.69) is 15.9 Å². The highest BCUT2D eigenvalue weighted by molar-refractivity contribution is 14.1. The molecule has 0 radical (unpaired) electrons. The van der Waals surface area contributed by atoms with Crippen LogP contribution < -0.4 is 4.74 Å². The van der Waals surface area contributed by atoms with E-state index >= 15 is 0 Å². The summed E-state index contributed by atoms with van der Waals surface area (Å²) in [7, 11) is 1.36. The second-order valence-corrected chi connectivity index (χ2v) is 4.18. The molecule has 0 saturated carbocycles. The molecule has 0 unspecified atom stereocenters. The molecular formula is C8H5BrFIO2. The van der Waals surface area contributed by atoms with Crippen molar-refractivity contribution in [3.63, 3.8) is 0 Å². The number of methoxy groups -OCH3 is 1. The van der Waals surface area contributed by atoms with E-state index in [1.165, 1.54) is 13.2 Å². The molecule has 0 bridgehead atoms. The summed E-state index contributed by atoms with van der Waals surface area (Å²) >= 11 is 5.11. The fourth-order valence-electron chi connectivity index (χ4n) is 0.852. The average molecular weight is 359 g/mol. The molecule has 0 aliphatic rings. The highest BCUT2D eigenvalue weighted by atomic mass is 127. The Hall–Kier alpha value is -0.170. The van der Waals surface area contributed by atoms with Crippen molar-refractivity contribution < 1.29 is 13.9 Å². The van der Waals surface area contributed by atoms with Crippen LogP contribution in [0.1, 0.15) is 10.4 Å². The van der Waals surface area contributed by atoms with Crippen LogP contribution in [-0.4, -0.2) is 13.4 Å². The highest BCUT2D eigenvalue weighted by Crippen LogP contribution is 2.31. The maximum Gasteiger partial charge on any atom is 0.176 e.